The lowest BCUT2D eigenvalue weighted by atomic mass is 10.0. The molecule has 39 heavy (non-hydrogen) atoms. The van der Waals surface area contributed by atoms with E-state index in [0.717, 1.165) is 11.1 Å². The molecule has 12 heteroatoms. The molecule has 1 unspecified atom stereocenters. The topological polar surface area (TPSA) is 162 Å². The molecule has 3 atom stereocenters. The van der Waals surface area contributed by atoms with Crippen molar-refractivity contribution in [1.29, 1.82) is 5.41 Å². The average molecular weight is 542 g/mol. The van der Waals surface area contributed by atoms with Crippen LogP contribution < -0.4 is 15.4 Å². The highest BCUT2D eigenvalue weighted by molar-refractivity contribution is 6.04. The molecule has 1 saturated heterocycles. The molecule has 0 spiro atoms. The maximum Gasteiger partial charge on any atom is 0.511 e. The van der Waals surface area contributed by atoms with Crippen molar-refractivity contribution in [3.63, 3.8) is 0 Å². The van der Waals surface area contributed by atoms with Gasteiger partial charge in [-0.3, -0.25) is 20.3 Å². The number of amides is 2. The van der Waals surface area contributed by atoms with Crippen LogP contribution in [0.3, 0.4) is 0 Å². The van der Waals surface area contributed by atoms with Crippen molar-refractivity contribution in [1.82, 2.24) is 10.6 Å². The zero-order valence-electron chi connectivity index (χ0n) is 21.9. The van der Waals surface area contributed by atoms with Gasteiger partial charge in [-0.1, -0.05) is 36.4 Å². The second-order valence-corrected chi connectivity index (χ2v) is 8.60. The summed E-state index contributed by atoms with van der Waals surface area (Å²) in [7, 11) is 1.23. The third-order valence-corrected chi connectivity index (χ3v) is 5.75. The van der Waals surface area contributed by atoms with Gasteiger partial charge >= 0.3 is 18.2 Å². The number of carbonyl (C=O) groups is 4. The monoisotopic (exact) mass is 541 g/mol. The zero-order chi connectivity index (χ0) is 28.4. The van der Waals surface area contributed by atoms with Gasteiger partial charge < -0.3 is 29.0 Å². The minimum Gasteiger partial charge on any atom is -0.491 e. The van der Waals surface area contributed by atoms with Gasteiger partial charge in [0.25, 0.3) is 0 Å². The largest absolute Gasteiger partial charge is 0.511 e. The van der Waals surface area contributed by atoms with Crippen LogP contribution in [-0.2, 0) is 28.5 Å². The number of methoxy groups -OCH3 is 1. The van der Waals surface area contributed by atoms with Crippen molar-refractivity contribution >= 4 is 30.0 Å². The standard InChI is InChI=1S/C27H31N3O9/c1-4-36-27(34)39-16(2)38-23(31)14-20-13-21(29-25(20)32)15-37-22-11-9-18(10-12-22)17-5-7-19(8-6-17)24(28)30-26(33)35-3/h5-12,16,20-21H,4,13-15H2,1-3H3,(H,29,32)(H2,28,30,33)/t16?,20-,21-/m0/s1. The van der Waals surface area contributed by atoms with Gasteiger partial charge in [0, 0.05) is 12.5 Å². The first-order valence-electron chi connectivity index (χ1n) is 12.3. The van der Waals surface area contributed by atoms with Crippen molar-refractivity contribution in [2.24, 2.45) is 5.92 Å². The van der Waals surface area contributed by atoms with E-state index >= 15 is 0 Å². The predicted octanol–water partition coefficient (Wildman–Crippen LogP) is 3.37. The highest BCUT2D eigenvalue weighted by Crippen LogP contribution is 2.25. The lowest BCUT2D eigenvalue weighted by Crippen LogP contribution is -2.31. The zero-order valence-corrected chi connectivity index (χ0v) is 21.9. The molecule has 12 nitrogen and oxygen atoms in total. The molecular formula is C27H31N3O9. The third-order valence-electron chi connectivity index (χ3n) is 5.75. The molecule has 0 bridgehead atoms. The fourth-order valence-corrected chi connectivity index (χ4v) is 3.86. The second-order valence-electron chi connectivity index (χ2n) is 8.60. The molecule has 1 fully saturated rings. The Morgan fingerprint density at radius 1 is 1.05 bits per heavy atom. The molecule has 2 amide bonds. The molecule has 208 valence electrons. The van der Waals surface area contributed by atoms with Crippen LogP contribution in [0.5, 0.6) is 5.75 Å². The Bertz CT molecular complexity index is 1180. The Morgan fingerprint density at radius 2 is 1.69 bits per heavy atom. The van der Waals surface area contributed by atoms with Crippen molar-refractivity contribution in [2.75, 3.05) is 20.3 Å². The Hall–Kier alpha value is -4.61. The molecule has 0 aliphatic carbocycles. The summed E-state index contributed by atoms with van der Waals surface area (Å²) < 4.78 is 24.7. The number of nitrogens with one attached hydrogen (secondary N) is 3. The van der Waals surface area contributed by atoms with Crippen LogP contribution in [0.2, 0.25) is 0 Å². The number of alkyl carbamates (subject to hydrolysis) is 1. The molecule has 1 aliphatic heterocycles. The number of hydrogen-bond donors (Lipinski definition) is 3. The quantitative estimate of drug-likeness (QED) is 0.135. The third kappa shape index (κ3) is 8.73. The number of benzene rings is 2. The number of rotatable bonds is 10. The normalized spacial score (nSPS) is 16.8. The fourth-order valence-electron chi connectivity index (χ4n) is 3.86. The van der Waals surface area contributed by atoms with Gasteiger partial charge in [-0.15, -0.1) is 0 Å². The van der Waals surface area contributed by atoms with Crippen LogP contribution >= 0.6 is 0 Å². The van der Waals surface area contributed by atoms with Gasteiger partial charge in [-0.25, -0.2) is 9.59 Å². The predicted molar refractivity (Wildman–Crippen MR) is 138 cm³/mol. The van der Waals surface area contributed by atoms with Gasteiger partial charge in [0.05, 0.1) is 32.1 Å². The van der Waals surface area contributed by atoms with Crippen molar-refractivity contribution in [3.05, 3.63) is 54.1 Å². The van der Waals surface area contributed by atoms with Crippen LogP contribution in [-0.4, -0.2) is 62.6 Å². The highest BCUT2D eigenvalue weighted by atomic mass is 16.8. The molecule has 3 rings (SSSR count). The van der Waals surface area contributed by atoms with Gasteiger partial charge in [0.2, 0.25) is 12.2 Å². The average Bonchev–Trinajstić information content (AvgIpc) is 3.26. The lowest BCUT2D eigenvalue weighted by molar-refractivity contribution is -0.169. The maximum absolute atomic E-state index is 12.3. The Kier molecular flexibility index (Phi) is 10.2. The summed E-state index contributed by atoms with van der Waals surface area (Å²) >= 11 is 0. The number of carbonyl (C=O) groups excluding carboxylic acids is 4. The first-order valence-corrected chi connectivity index (χ1v) is 12.3. The van der Waals surface area contributed by atoms with E-state index in [2.05, 4.69) is 20.1 Å². The van der Waals surface area contributed by atoms with Crippen molar-refractivity contribution in [2.45, 2.75) is 39.0 Å². The second kappa shape index (κ2) is 13.8. The number of hydrogen-bond acceptors (Lipinski definition) is 10. The summed E-state index contributed by atoms with van der Waals surface area (Å²) in [6.07, 6.45) is -2.53. The van der Waals surface area contributed by atoms with Crippen LogP contribution in [0, 0.1) is 11.3 Å². The molecule has 0 saturated carbocycles. The van der Waals surface area contributed by atoms with E-state index in [4.69, 9.17) is 19.6 Å². The summed E-state index contributed by atoms with van der Waals surface area (Å²) in [6, 6.07) is 14.2. The molecule has 3 N–H and O–H groups in total. The van der Waals surface area contributed by atoms with Crippen LogP contribution in [0.1, 0.15) is 32.3 Å². The smallest absolute Gasteiger partial charge is 0.491 e. The Labute approximate surface area is 225 Å². The fraction of sp³-hybridized carbons (Fsp3) is 0.370. The van der Waals surface area contributed by atoms with Crippen LogP contribution in [0.15, 0.2) is 48.5 Å². The number of amidine groups is 1. The van der Waals surface area contributed by atoms with E-state index in [9.17, 15) is 19.2 Å². The molecule has 1 aliphatic rings. The van der Waals surface area contributed by atoms with E-state index < -0.39 is 30.4 Å². The lowest BCUT2D eigenvalue weighted by Gasteiger charge is -2.14. The number of ether oxygens (including phenoxy) is 5. The molecule has 0 radical (unpaired) electrons. The molecule has 1 heterocycles. The van der Waals surface area contributed by atoms with Gasteiger partial charge in [0.15, 0.2) is 0 Å². The molecule has 0 aromatic heterocycles. The summed E-state index contributed by atoms with van der Waals surface area (Å²) in [5.74, 6) is -0.952. The van der Waals surface area contributed by atoms with Crippen LogP contribution in [0.25, 0.3) is 11.1 Å². The summed E-state index contributed by atoms with van der Waals surface area (Å²) in [4.78, 5) is 47.0. The minimum absolute atomic E-state index is 0.0622. The Balaban J connectivity index is 1.45. The summed E-state index contributed by atoms with van der Waals surface area (Å²) in [5.41, 5.74) is 2.37. The maximum atomic E-state index is 12.3. The van der Waals surface area contributed by atoms with Crippen LogP contribution in [0.4, 0.5) is 9.59 Å². The number of esters is 1. The Morgan fingerprint density at radius 3 is 2.31 bits per heavy atom. The first kappa shape index (κ1) is 29.0. The first-order chi connectivity index (χ1) is 18.7. The molecular weight excluding hydrogens is 510 g/mol. The summed E-state index contributed by atoms with van der Waals surface area (Å²) in [5, 5.41) is 13.0. The van der Waals surface area contributed by atoms with Crippen molar-refractivity contribution in [3.8, 4) is 16.9 Å². The SMILES string of the molecule is CCOC(=O)OC(C)OC(=O)C[C@@H]1C[C@@H](COc2ccc(-c3ccc(C(=N)NC(=O)OC)cc3)cc2)NC1=O. The van der Waals surface area contributed by atoms with E-state index in [0.29, 0.717) is 17.7 Å². The van der Waals surface area contributed by atoms with E-state index in [-0.39, 0.29) is 37.4 Å². The summed E-state index contributed by atoms with van der Waals surface area (Å²) in [6.45, 7) is 3.37. The van der Waals surface area contributed by atoms with E-state index in [1.807, 2.05) is 24.3 Å². The van der Waals surface area contributed by atoms with E-state index in [1.54, 1.807) is 31.2 Å². The van der Waals surface area contributed by atoms with Gasteiger partial charge in [-0.2, -0.15) is 0 Å². The molecule has 2 aromatic carbocycles. The molecule has 2 aromatic rings. The highest BCUT2D eigenvalue weighted by Gasteiger charge is 2.34. The van der Waals surface area contributed by atoms with Crippen molar-refractivity contribution < 1.29 is 42.9 Å². The van der Waals surface area contributed by atoms with Gasteiger partial charge in [-0.05, 0) is 36.6 Å². The minimum atomic E-state index is -1.13. The van der Waals surface area contributed by atoms with Gasteiger partial charge in [0.1, 0.15) is 18.2 Å². The van der Waals surface area contributed by atoms with E-state index in [1.165, 1.54) is 14.0 Å².